The maximum Gasteiger partial charge on any atom is 0.416 e. The topological polar surface area (TPSA) is 160 Å². The molecule has 4 N–H and O–H groups in total. The Bertz CT molecular complexity index is 1770. The van der Waals surface area contributed by atoms with E-state index in [0.717, 1.165) is 29.2 Å². The molecule has 4 heterocycles. The van der Waals surface area contributed by atoms with Crippen LogP contribution in [0.3, 0.4) is 0 Å². The molecule has 2 saturated heterocycles. The number of anilines is 1. The summed E-state index contributed by atoms with van der Waals surface area (Å²) in [6.07, 6.45) is -4.93. The smallest absolute Gasteiger partial charge is 0.390 e. The van der Waals surface area contributed by atoms with Crippen LogP contribution in [0.5, 0.6) is 0 Å². The van der Waals surface area contributed by atoms with Crippen molar-refractivity contribution >= 4 is 29.4 Å². The van der Waals surface area contributed by atoms with Crippen LogP contribution in [0, 0.1) is 5.82 Å². The van der Waals surface area contributed by atoms with E-state index < -0.39 is 65.3 Å². The molecule has 4 amide bonds. The normalized spacial score (nSPS) is 23.0. The number of aliphatic hydroxyl groups excluding tert-OH is 1. The number of alkyl halides is 3. The van der Waals surface area contributed by atoms with Crippen LogP contribution in [-0.4, -0.2) is 87.9 Å². The number of carbonyl (C=O) groups is 4. The van der Waals surface area contributed by atoms with Crippen LogP contribution in [0.1, 0.15) is 75.7 Å². The number of rotatable bonds is 7. The average Bonchev–Trinajstić information content (AvgIpc) is 3.67. The molecule has 2 aromatic carbocycles. The number of carbonyl (C=O) groups excluding carboxylic acids is 4. The van der Waals surface area contributed by atoms with Gasteiger partial charge >= 0.3 is 6.18 Å². The van der Waals surface area contributed by atoms with E-state index in [9.17, 15) is 41.8 Å². The number of primary amides is 1. The quantitative estimate of drug-likeness (QED) is 0.323. The minimum absolute atomic E-state index is 0.0279. The largest absolute Gasteiger partial charge is 0.416 e. The first-order valence-electron chi connectivity index (χ1n) is 15.8. The Morgan fingerprint density at radius 1 is 1.08 bits per heavy atom. The molecule has 260 valence electrons. The molecule has 49 heavy (non-hydrogen) atoms. The number of likely N-dealkylation sites (N-methyl/N-ethyl adjacent to an activating group) is 1. The number of fused-ring (bicyclic) bond motifs is 1. The van der Waals surface area contributed by atoms with Crippen LogP contribution in [-0.2, 0) is 20.5 Å². The zero-order valence-electron chi connectivity index (χ0n) is 26.3. The summed E-state index contributed by atoms with van der Waals surface area (Å²) < 4.78 is 61.9. The van der Waals surface area contributed by atoms with Crippen molar-refractivity contribution in [3.8, 4) is 0 Å². The van der Waals surface area contributed by atoms with Crippen LogP contribution in [0.2, 0.25) is 0 Å². The minimum Gasteiger partial charge on any atom is -0.390 e. The number of nitrogens with one attached hydrogen (secondary N) is 1. The predicted molar refractivity (Wildman–Crippen MR) is 165 cm³/mol. The molecule has 0 radical (unpaired) electrons. The maximum absolute atomic E-state index is 14.4. The highest BCUT2D eigenvalue weighted by Crippen LogP contribution is 2.45. The van der Waals surface area contributed by atoms with Crippen molar-refractivity contribution in [1.29, 1.82) is 0 Å². The van der Waals surface area contributed by atoms with Gasteiger partial charge < -0.3 is 25.8 Å². The zero-order chi connectivity index (χ0) is 35.2. The van der Waals surface area contributed by atoms with Crippen LogP contribution in [0.25, 0.3) is 0 Å². The molecular weight excluding hydrogens is 652 g/mol. The van der Waals surface area contributed by atoms with Gasteiger partial charge in [0.15, 0.2) is 5.69 Å². The predicted octanol–water partition coefficient (Wildman–Crippen LogP) is 2.75. The number of aromatic nitrogens is 2. The molecule has 3 aliphatic rings. The summed E-state index contributed by atoms with van der Waals surface area (Å²) in [6.45, 7) is 2.45. The van der Waals surface area contributed by atoms with Gasteiger partial charge in [0.1, 0.15) is 23.7 Å². The SMILES string of the molecule is CCN1C(=O)[C@@H](NC(=O)c2cccc(C(F)(F)F)c2)[C@@H](c2ccc(F)cc2)c2c(C(=O)N3CC[C@@H](O)[C@H]3C(N)=O)nn(C3CCOCC3)c21. The Morgan fingerprint density at radius 3 is 2.41 bits per heavy atom. The Balaban J connectivity index is 1.54. The van der Waals surface area contributed by atoms with Crippen LogP contribution >= 0.6 is 0 Å². The van der Waals surface area contributed by atoms with E-state index >= 15 is 0 Å². The molecule has 16 heteroatoms. The number of hydrogen-bond acceptors (Lipinski definition) is 7. The van der Waals surface area contributed by atoms with Crippen molar-refractivity contribution in [2.75, 3.05) is 31.2 Å². The lowest BCUT2D eigenvalue weighted by atomic mass is 9.80. The summed E-state index contributed by atoms with van der Waals surface area (Å²) in [7, 11) is 0. The Hall–Kier alpha value is -4.83. The molecule has 6 rings (SSSR count). The number of ether oxygens (including phenoxy) is 1. The molecule has 4 atom stereocenters. The monoisotopic (exact) mass is 686 g/mol. The van der Waals surface area contributed by atoms with Crippen LogP contribution < -0.4 is 16.0 Å². The summed E-state index contributed by atoms with van der Waals surface area (Å²) in [5.41, 5.74) is 4.46. The van der Waals surface area contributed by atoms with E-state index in [0.29, 0.717) is 37.7 Å². The number of aliphatic hydroxyl groups is 1. The second kappa shape index (κ2) is 13.2. The number of nitrogens with zero attached hydrogens (tertiary/aromatic N) is 4. The van der Waals surface area contributed by atoms with Crippen molar-refractivity contribution in [1.82, 2.24) is 20.0 Å². The van der Waals surface area contributed by atoms with E-state index in [1.165, 1.54) is 23.1 Å². The summed E-state index contributed by atoms with van der Waals surface area (Å²) >= 11 is 0. The second-order valence-electron chi connectivity index (χ2n) is 12.2. The molecule has 2 fully saturated rings. The fraction of sp³-hybridized carbons (Fsp3) is 0.424. The van der Waals surface area contributed by atoms with E-state index in [1.807, 2.05) is 0 Å². The van der Waals surface area contributed by atoms with E-state index in [2.05, 4.69) is 5.32 Å². The van der Waals surface area contributed by atoms with Gasteiger partial charge in [0.05, 0.1) is 17.7 Å². The summed E-state index contributed by atoms with van der Waals surface area (Å²) in [5, 5.41) is 17.9. The standard InChI is InChI=1S/C33H34F4N6O6/c1-2-41-30-24(26(40-43(30)21-11-14-49-15-12-21)32(48)42-13-10-22(44)27(42)28(38)45)23(17-6-8-20(34)9-7-17)25(31(41)47)39-29(46)18-4-3-5-19(16-18)33(35,36)37/h3-9,16,21-23,25,27,44H,2,10-15H2,1H3,(H2,38,45)(H,39,46)/t22-,23+,25+,27+/m1/s1. The lowest BCUT2D eigenvalue weighted by Gasteiger charge is -2.39. The number of hydrogen-bond donors (Lipinski definition) is 3. The summed E-state index contributed by atoms with van der Waals surface area (Å²) in [6, 6.07) is 5.60. The molecule has 0 saturated carbocycles. The first kappa shape index (κ1) is 34.0. The van der Waals surface area contributed by atoms with Crippen molar-refractivity contribution in [2.24, 2.45) is 5.73 Å². The lowest BCUT2D eigenvalue weighted by Crippen LogP contribution is -2.56. The third-order valence-corrected chi connectivity index (χ3v) is 9.29. The van der Waals surface area contributed by atoms with Gasteiger partial charge in [-0.05, 0) is 62.1 Å². The fourth-order valence-electron chi connectivity index (χ4n) is 6.94. The Kier molecular flexibility index (Phi) is 9.19. The second-order valence-corrected chi connectivity index (χ2v) is 12.2. The van der Waals surface area contributed by atoms with Crippen LogP contribution in [0.15, 0.2) is 48.5 Å². The summed E-state index contributed by atoms with van der Waals surface area (Å²) in [4.78, 5) is 57.3. The molecular formula is C33H34F4N6O6. The molecule has 0 unspecified atom stereocenters. The fourth-order valence-corrected chi connectivity index (χ4v) is 6.94. The van der Waals surface area contributed by atoms with Gasteiger partial charge in [0, 0.05) is 43.3 Å². The Morgan fingerprint density at radius 2 is 1.78 bits per heavy atom. The maximum atomic E-state index is 14.4. The van der Waals surface area contributed by atoms with Crippen molar-refractivity contribution in [2.45, 2.75) is 62.5 Å². The van der Waals surface area contributed by atoms with Crippen molar-refractivity contribution in [3.63, 3.8) is 0 Å². The van der Waals surface area contributed by atoms with Gasteiger partial charge in [-0.2, -0.15) is 18.3 Å². The van der Waals surface area contributed by atoms with Gasteiger partial charge in [0.25, 0.3) is 17.7 Å². The first-order chi connectivity index (χ1) is 23.3. The van der Waals surface area contributed by atoms with Crippen molar-refractivity contribution in [3.05, 3.63) is 82.3 Å². The molecule has 0 spiro atoms. The van der Waals surface area contributed by atoms with E-state index in [-0.39, 0.29) is 48.2 Å². The van der Waals surface area contributed by atoms with Crippen LogP contribution in [0.4, 0.5) is 23.4 Å². The zero-order valence-corrected chi connectivity index (χ0v) is 26.3. The number of benzene rings is 2. The van der Waals surface area contributed by atoms with E-state index in [4.69, 9.17) is 15.6 Å². The van der Waals surface area contributed by atoms with Gasteiger partial charge in [-0.15, -0.1) is 0 Å². The number of amides is 4. The molecule has 0 aliphatic carbocycles. The van der Waals surface area contributed by atoms with Gasteiger partial charge in [-0.3, -0.25) is 24.1 Å². The Labute approximate surface area is 277 Å². The third-order valence-electron chi connectivity index (χ3n) is 9.29. The summed E-state index contributed by atoms with van der Waals surface area (Å²) in [5.74, 6) is -4.86. The van der Waals surface area contributed by atoms with Gasteiger partial charge in [0.2, 0.25) is 5.91 Å². The minimum atomic E-state index is -4.73. The molecule has 3 aromatic rings. The molecule has 1 aromatic heterocycles. The highest BCUT2D eigenvalue weighted by Gasteiger charge is 2.50. The number of nitrogens with two attached hydrogens (primary N) is 1. The van der Waals surface area contributed by atoms with Gasteiger partial charge in [-0.1, -0.05) is 18.2 Å². The number of halogens is 4. The highest BCUT2D eigenvalue weighted by atomic mass is 19.4. The average molecular weight is 687 g/mol. The van der Waals surface area contributed by atoms with Gasteiger partial charge in [-0.25, -0.2) is 9.07 Å². The molecule has 0 bridgehead atoms. The molecule has 3 aliphatic heterocycles. The third kappa shape index (κ3) is 6.25. The number of likely N-dealkylation sites (tertiary alicyclic amines) is 1. The van der Waals surface area contributed by atoms with Crippen molar-refractivity contribution < 1.29 is 46.6 Å². The highest BCUT2D eigenvalue weighted by molar-refractivity contribution is 6.08. The molecule has 12 nitrogen and oxygen atoms in total. The lowest BCUT2D eigenvalue weighted by molar-refractivity contribution is -0.137. The van der Waals surface area contributed by atoms with E-state index in [1.54, 1.807) is 11.6 Å². The first-order valence-corrected chi connectivity index (χ1v) is 15.8.